The van der Waals surface area contributed by atoms with Crippen molar-refractivity contribution in [2.45, 2.75) is 24.8 Å². The van der Waals surface area contributed by atoms with Crippen LogP contribution >= 0.6 is 11.8 Å². The van der Waals surface area contributed by atoms with E-state index in [9.17, 15) is 4.79 Å². The number of carbonyl (C=O) groups is 1. The Kier molecular flexibility index (Phi) is 5.35. The fourth-order valence-electron chi connectivity index (χ4n) is 1.14. The van der Waals surface area contributed by atoms with Crippen LogP contribution in [0, 0.1) is 6.92 Å². The van der Waals surface area contributed by atoms with E-state index in [1.54, 1.807) is 18.7 Å². The van der Waals surface area contributed by atoms with Crippen molar-refractivity contribution in [1.82, 2.24) is 5.32 Å². The molecule has 1 rings (SSSR count). The number of thioether (sulfide) groups is 1. The quantitative estimate of drug-likeness (QED) is 0.604. The predicted octanol–water partition coefficient (Wildman–Crippen LogP) is 1.55. The molecule has 0 bridgehead atoms. The highest BCUT2D eigenvalue weighted by atomic mass is 32.2. The van der Waals surface area contributed by atoms with Crippen LogP contribution in [0.2, 0.25) is 0 Å². The third-order valence-electron chi connectivity index (χ3n) is 2.10. The molecule has 0 saturated heterocycles. The Morgan fingerprint density at radius 2 is 2.06 bits per heavy atom. The molecule has 0 aliphatic heterocycles. The van der Waals surface area contributed by atoms with Crippen molar-refractivity contribution in [3.05, 3.63) is 29.8 Å². The van der Waals surface area contributed by atoms with Gasteiger partial charge in [0.05, 0.1) is 6.04 Å². The van der Waals surface area contributed by atoms with Gasteiger partial charge in [-0.2, -0.15) is 0 Å². The van der Waals surface area contributed by atoms with Crippen molar-refractivity contribution in [1.29, 1.82) is 0 Å². The monoisotopic (exact) mass is 238 g/mol. The molecule has 4 heteroatoms. The summed E-state index contributed by atoms with van der Waals surface area (Å²) >= 11 is 1.73. The van der Waals surface area contributed by atoms with Crippen LogP contribution in [0.25, 0.3) is 0 Å². The van der Waals surface area contributed by atoms with Crippen LogP contribution < -0.4 is 11.1 Å². The average Bonchev–Trinajstić information content (AvgIpc) is 2.26. The number of hydrogen-bond donors (Lipinski definition) is 2. The van der Waals surface area contributed by atoms with E-state index in [-0.39, 0.29) is 5.91 Å². The van der Waals surface area contributed by atoms with Crippen LogP contribution in [0.4, 0.5) is 0 Å². The van der Waals surface area contributed by atoms with E-state index < -0.39 is 6.04 Å². The second-order valence-corrected chi connectivity index (χ2v) is 4.91. The first-order valence-corrected chi connectivity index (χ1v) is 6.31. The summed E-state index contributed by atoms with van der Waals surface area (Å²) in [5, 5.41) is 2.78. The maximum atomic E-state index is 11.2. The zero-order valence-electron chi connectivity index (χ0n) is 9.69. The first kappa shape index (κ1) is 13.1. The topological polar surface area (TPSA) is 55.1 Å². The van der Waals surface area contributed by atoms with E-state index in [0.717, 1.165) is 5.75 Å². The summed E-state index contributed by atoms with van der Waals surface area (Å²) in [7, 11) is 0. The molecule has 1 aromatic carbocycles. The minimum absolute atomic E-state index is 0.0930. The van der Waals surface area contributed by atoms with Gasteiger partial charge in [-0.05, 0) is 26.0 Å². The normalized spacial score (nSPS) is 12.2. The number of hydrogen-bond acceptors (Lipinski definition) is 3. The molecule has 1 aromatic rings. The summed E-state index contributed by atoms with van der Waals surface area (Å²) in [5.74, 6) is 0.770. The second-order valence-electron chi connectivity index (χ2n) is 3.74. The molecule has 16 heavy (non-hydrogen) atoms. The maximum Gasteiger partial charge on any atom is 0.236 e. The number of nitrogens with two attached hydrogens (primary N) is 1. The minimum atomic E-state index is -0.427. The average molecular weight is 238 g/mol. The molecule has 0 spiro atoms. The fraction of sp³-hybridized carbons (Fsp3) is 0.417. The van der Waals surface area contributed by atoms with Gasteiger partial charge in [-0.15, -0.1) is 11.8 Å². The zero-order chi connectivity index (χ0) is 12.0. The highest BCUT2D eigenvalue weighted by Crippen LogP contribution is 2.17. The van der Waals surface area contributed by atoms with E-state index in [1.165, 1.54) is 10.5 Å². The lowest BCUT2D eigenvalue weighted by atomic mass is 10.2. The molecule has 0 aromatic heterocycles. The van der Waals surface area contributed by atoms with Crippen LogP contribution in [-0.2, 0) is 4.79 Å². The highest BCUT2D eigenvalue weighted by Gasteiger charge is 2.05. The molecule has 0 aliphatic carbocycles. The Bertz CT molecular complexity index is 335. The van der Waals surface area contributed by atoms with Gasteiger partial charge in [-0.1, -0.05) is 17.7 Å². The summed E-state index contributed by atoms with van der Waals surface area (Å²) in [6, 6.07) is 7.93. The number of rotatable bonds is 5. The first-order valence-electron chi connectivity index (χ1n) is 5.32. The predicted molar refractivity (Wildman–Crippen MR) is 68.6 cm³/mol. The van der Waals surface area contributed by atoms with Crippen molar-refractivity contribution >= 4 is 17.7 Å². The largest absolute Gasteiger partial charge is 0.354 e. The van der Waals surface area contributed by atoms with Crippen LogP contribution in [0.5, 0.6) is 0 Å². The lowest BCUT2D eigenvalue weighted by Gasteiger charge is -2.07. The van der Waals surface area contributed by atoms with Gasteiger partial charge < -0.3 is 11.1 Å². The summed E-state index contributed by atoms with van der Waals surface area (Å²) in [6.45, 7) is 4.40. The molecule has 3 nitrogen and oxygen atoms in total. The lowest BCUT2D eigenvalue weighted by Crippen LogP contribution is -2.39. The highest BCUT2D eigenvalue weighted by molar-refractivity contribution is 7.99. The van der Waals surface area contributed by atoms with Gasteiger partial charge >= 0.3 is 0 Å². The number of amides is 1. The molecular formula is C12H18N2OS. The van der Waals surface area contributed by atoms with E-state index >= 15 is 0 Å². The summed E-state index contributed by atoms with van der Waals surface area (Å²) in [5.41, 5.74) is 6.69. The van der Waals surface area contributed by atoms with Crippen LogP contribution in [0.15, 0.2) is 29.2 Å². The third kappa shape index (κ3) is 4.68. The van der Waals surface area contributed by atoms with E-state index in [0.29, 0.717) is 6.54 Å². The molecule has 0 radical (unpaired) electrons. The molecule has 0 unspecified atom stereocenters. The Hall–Kier alpha value is -1.00. The first-order chi connectivity index (χ1) is 7.59. The van der Waals surface area contributed by atoms with Crippen LogP contribution in [0.1, 0.15) is 12.5 Å². The van der Waals surface area contributed by atoms with Gasteiger partial charge in [0, 0.05) is 17.2 Å². The van der Waals surface area contributed by atoms with Gasteiger partial charge in [0.25, 0.3) is 0 Å². The van der Waals surface area contributed by atoms with E-state index in [4.69, 9.17) is 5.73 Å². The Morgan fingerprint density at radius 3 is 2.62 bits per heavy atom. The van der Waals surface area contributed by atoms with Crippen LogP contribution in [0.3, 0.4) is 0 Å². The maximum absolute atomic E-state index is 11.2. The Balaban J connectivity index is 2.21. The lowest BCUT2D eigenvalue weighted by molar-refractivity contribution is -0.121. The molecule has 0 saturated carbocycles. The zero-order valence-corrected chi connectivity index (χ0v) is 10.5. The Morgan fingerprint density at radius 1 is 1.44 bits per heavy atom. The number of nitrogens with one attached hydrogen (secondary N) is 1. The smallest absolute Gasteiger partial charge is 0.236 e. The molecule has 3 N–H and O–H groups in total. The van der Waals surface area contributed by atoms with Gasteiger partial charge in [0.1, 0.15) is 0 Å². The van der Waals surface area contributed by atoms with Gasteiger partial charge in [0.2, 0.25) is 5.91 Å². The summed E-state index contributed by atoms with van der Waals surface area (Å²) < 4.78 is 0. The van der Waals surface area contributed by atoms with Crippen molar-refractivity contribution in [3.8, 4) is 0 Å². The molecule has 1 atom stereocenters. The van der Waals surface area contributed by atoms with Gasteiger partial charge in [-0.25, -0.2) is 0 Å². The molecule has 0 heterocycles. The third-order valence-corrected chi connectivity index (χ3v) is 3.12. The molecule has 88 valence electrons. The van der Waals surface area contributed by atoms with Crippen LogP contribution in [-0.4, -0.2) is 24.2 Å². The SMILES string of the molecule is Cc1ccc(SCCNC(=O)[C@H](C)N)cc1. The Labute approximate surface area is 101 Å². The van der Waals surface area contributed by atoms with Crippen molar-refractivity contribution in [3.63, 3.8) is 0 Å². The van der Waals surface area contributed by atoms with Gasteiger partial charge in [-0.3, -0.25) is 4.79 Å². The fourth-order valence-corrected chi connectivity index (χ4v) is 1.91. The van der Waals surface area contributed by atoms with Crippen molar-refractivity contribution < 1.29 is 4.79 Å². The van der Waals surface area contributed by atoms with E-state index in [2.05, 4.69) is 36.5 Å². The van der Waals surface area contributed by atoms with E-state index in [1.807, 2.05) is 0 Å². The molecule has 1 amide bonds. The molecular weight excluding hydrogens is 220 g/mol. The van der Waals surface area contributed by atoms with Crippen molar-refractivity contribution in [2.24, 2.45) is 5.73 Å². The number of aryl methyl sites for hydroxylation is 1. The summed E-state index contributed by atoms with van der Waals surface area (Å²) in [6.07, 6.45) is 0. The van der Waals surface area contributed by atoms with Crippen molar-refractivity contribution in [2.75, 3.05) is 12.3 Å². The second kappa shape index (κ2) is 6.55. The molecule has 0 fully saturated rings. The standard InChI is InChI=1S/C12H18N2OS/c1-9-3-5-11(6-4-9)16-8-7-14-12(15)10(2)13/h3-6,10H,7-8,13H2,1-2H3,(H,14,15)/t10-/m0/s1. The molecule has 0 aliphatic rings. The van der Waals surface area contributed by atoms with Gasteiger partial charge in [0.15, 0.2) is 0 Å². The number of benzene rings is 1. The summed E-state index contributed by atoms with van der Waals surface area (Å²) in [4.78, 5) is 12.4. The minimum Gasteiger partial charge on any atom is -0.354 e. The number of carbonyl (C=O) groups excluding carboxylic acids is 1.